The van der Waals surface area contributed by atoms with E-state index in [4.69, 9.17) is 5.84 Å². The van der Waals surface area contributed by atoms with Crippen LogP contribution < -0.4 is 11.3 Å². The molecular weight excluding hydrogens is 232 g/mol. The molecular formula is C12H22N4S. The molecule has 96 valence electrons. The summed E-state index contributed by atoms with van der Waals surface area (Å²) < 4.78 is 0. The maximum atomic E-state index is 5.43. The molecule has 0 aliphatic rings. The number of nitrogens with one attached hydrogen (secondary N) is 1. The third kappa shape index (κ3) is 5.37. The molecule has 0 aliphatic heterocycles. The average molecular weight is 254 g/mol. The Balaban J connectivity index is 2.81. The summed E-state index contributed by atoms with van der Waals surface area (Å²) in [5, 5.41) is 0.585. The number of nitrogens with two attached hydrogens (primary N) is 1. The van der Waals surface area contributed by atoms with Gasteiger partial charge in [-0.2, -0.15) is 11.8 Å². The van der Waals surface area contributed by atoms with Crippen LogP contribution in [0.5, 0.6) is 0 Å². The Morgan fingerprint density at radius 3 is 2.53 bits per heavy atom. The first kappa shape index (κ1) is 14.3. The fourth-order valence-corrected chi connectivity index (χ4v) is 2.07. The maximum absolute atomic E-state index is 5.43. The highest BCUT2D eigenvalue weighted by Crippen LogP contribution is 2.17. The van der Waals surface area contributed by atoms with Gasteiger partial charge in [-0.05, 0) is 17.6 Å². The molecule has 1 aromatic heterocycles. The largest absolute Gasteiger partial charge is 0.308 e. The van der Waals surface area contributed by atoms with E-state index in [1.807, 2.05) is 17.8 Å². The van der Waals surface area contributed by atoms with Gasteiger partial charge in [-0.1, -0.05) is 27.7 Å². The number of rotatable bonds is 6. The summed E-state index contributed by atoms with van der Waals surface area (Å²) in [5.74, 6) is 8.40. The van der Waals surface area contributed by atoms with Crippen LogP contribution in [0.1, 0.15) is 39.2 Å². The van der Waals surface area contributed by atoms with Crippen LogP contribution >= 0.6 is 11.8 Å². The summed E-state index contributed by atoms with van der Waals surface area (Å²) in [6.45, 7) is 8.70. The van der Waals surface area contributed by atoms with Gasteiger partial charge in [0.15, 0.2) is 0 Å². The van der Waals surface area contributed by atoms with Crippen molar-refractivity contribution in [2.45, 2.75) is 45.1 Å². The standard InChI is InChI=1S/C12H22N4S/c1-8(2)5-10-6-11(16-13)15-12(14-10)7-17-9(3)4/h6,8-9H,5,7,13H2,1-4H3,(H,14,15,16). The SMILES string of the molecule is CC(C)Cc1cc(NN)nc(CSC(C)C)n1. The van der Waals surface area contributed by atoms with E-state index < -0.39 is 0 Å². The minimum absolute atomic E-state index is 0.584. The van der Waals surface area contributed by atoms with E-state index in [-0.39, 0.29) is 0 Å². The van der Waals surface area contributed by atoms with Crippen molar-refractivity contribution in [2.24, 2.45) is 11.8 Å². The van der Waals surface area contributed by atoms with Crippen molar-refractivity contribution < 1.29 is 0 Å². The Morgan fingerprint density at radius 2 is 2.00 bits per heavy atom. The number of nitrogens with zero attached hydrogens (tertiary/aromatic N) is 2. The quantitative estimate of drug-likeness (QED) is 0.603. The van der Waals surface area contributed by atoms with E-state index in [0.29, 0.717) is 17.0 Å². The van der Waals surface area contributed by atoms with Gasteiger partial charge in [0, 0.05) is 11.8 Å². The first-order valence-electron chi connectivity index (χ1n) is 5.96. The molecule has 4 nitrogen and oxygen atoms in total. The lowest BCUT2D eigenvalue weighted by atomic mass is 10.1. The molecule has 0 radical (unpaired) electrons. The molecule has 0 aromatic carbocycles. The van der Waals surface area contributed by atoms with Gasteiger partial charge in [0.1, 0.15) is 11.6 Å². The molecule has 0 atom stereocenters. The summed E-state index contributed by atoms with van der Waals surface area (Å²) in [6.07, 6.45) is 0.955. The average Bonchev–Trinajstić information content (AvgIpc) is 2.25. The molecule has 0 fully saturated rings. The lowest BCUT2D eigenvalue weighted by Gasteiger charge is -2.10. The van der Waals surface area contributed by atoms with Gasteiger partial charge in [0.05, 0.1) is 5.75 Å². The van der Waals surface area contributed by atoms with Gasteiger partial charge in [-0.25, -0.2) is 15.8 Å². The molecule has 1 rings (SSSR count). The van der Waals surface area contributed by atoms with E-state index in [9.17, 15) is 0 Å². The highest BCUT2D eigenvalue weighted by molar-refractivity contribution is 7.99. The van der Waals surface area contributed by atoms with Crippen LogP contribution in [0, 0.1) is 5.92 Å². The Morgan fingerprint density at radius 1 is 1.29 bits per heavy atom. The lowest BCUT2D eigenvalue weighted by Crippen LogP contribution is -2.12. The van der Waals surface area contributed by atoms with E-state index in [1.165, 1.54) is 0 Å². The number of hydrogen-bond acceptors (Lipinski definition) is 5. The number of anilines is 1. The van der Waals surface area contributed by atoms with Gasteiger partial charge >= 0.3 is 0 Å². The second-order valence-corrected chi connectivity index (χ2v) is 6.33. The molecule has 0 aliphatic carbocycles. The summed E-state index contributed by atoms with van der Waals surface area (Å²) in [4.78, 5) is 8.93. The molecule has 0 unspecified atom stereocenters. The van der Waals surface area contributed by atoms with Crippen LogP contribution in [0.15, 0.2) is 6.07 Å². The normalized spacial score (nSPS) is 11.2. The van der Waals surface area contributed by atoms with Crippen LogP contribution in [0.4, 0.5) is 5.82 Å². The third-order valence-corrected chi connectivity index (χ3v) is 3.23. The second-order valence-electron chi connectivity index (χ2n) is 4.76. The Kier molecular flexibility index (Phi) is 5.71. The molecule has 0 saturated heterocycles. The number of nitrogen functional groups attached to an aromatic ring is 1. The number of aromatic nitrogens is 2. The van der Waals surface area contributed by atoms with Gasteiger partial charge in [-0.15, -0.1) is 0 Å². The number of thioether (sulfide) groups is 1. The molecule has 3 N–H and O–H groups in total. The summed E-state index contributed by atoms with van der Waals surface area (Å²) >= 11 is 1.84. The minimum Gasteiger partial charge on any atom is -0.308 e. The van der Waals surface area contributed by atoms with Crippen LogP contribution in [0.2, 0.25) is 0 Å². The molecule has 0 amide bonds. The monoisotopic (exact) mass is 254 g/mol. The molecule has 1 aromatic rings. The molecule has 0 spiro atoms. The van der Waals surface area contributed by atoms with E-state index in [1.54, 1.807) is 0 Å². The van der Waals surface area contributed by atoms with Gasteiger partial charge in [-0.3, -0.25) is 0 Å². The van der Waals surface area contributed by atoms with Gasteiger partial charge < -0.3 is 5.43 Å². The van der Waals surface area contributed by atoms with Crippen molar-refractivity contribution in [1.29, 1.82) is 0 Å². The first-order chi connectivity index (χ1) is 8.01. The van der Waals surface area contributed by atoms with E-state index in [0.717, 1.165) is 23.7 Å². The maximum Gasteiger partial charge on any atom is 0.143 e. The predicted octanol–water partition coefficient (Wildman–Crippen LogP) is 2.60. The Bertz CT molecular complexity index is 352. The highest BCUT2D eigenvalue weighted by atomic mass is 32.2. The Hall–Kier alpha value is -0.810. The molecule has 0 saturated carbocycles. The lowest BCUT2D eigenvalue weighted by molar-refractivity contribution is 0.632. The zero-order valence-electron chi connectivity index (χ0n) is 11.0. The molecule has 17 heavy (non-hydrogen) atoms. The van der Waals surface area contributed by atoms with Crippen molar-refractivity contribution in [3.05, 3.63) is 17.6 Å². The van der Waals surface area contributed by atoms with Crippen molar-refractivity contribution in [1.82, 2.24) is 9.97 Å². The highest BCUT2D eigenvalue weighted by Gasteiger charge is 2.07. The number of hydrogen-bond donors (Lipinski definition) is 2. The van der Waals surface area contributed by atoms with Crippen LogP contribution in [0.3, 0.4) is 0 Å². The molecule has 5 heteroatoms. The third-order valence-electron chi connectivity index (χ3n) is 2.14. The van der Waals surface area contributed by atoms with Crippen molar-refractivity contribution in [3.8, 4) is 0 Å². The fraction of sp³-hybridized carbons (Fsp3) is 0.667. The fourth-order valence-electron chi connectivity index (χ4n) is 1.45. The van der Waals surface area contributed by atoms with Crippen molar-refractivity contribution in [2.75, 3.05) is 5.43 Å². The zero-order valence-corrected chi connectivity index (χ0v) is 11.8. The smallest absolute Gasteiger partial charge is 0.143 e. The van der Waals surface area contributed by atoms with Gasteiger partial charge in [0.2, 0.25) is 0 Å². The second kappa shape index (κ2) is 6.81. The molecule has 1 heterocycles. The van der Waals surface area contributed by atoms with Crippen molar-refractivity contribution in [3.63, 3.8) is 0 Å². The van der Waals surface area contributed by atoms with E-state index in [2.05, 4.69) is 43.1 Å². The van der Waals surface area contributed by atoms with E-state index >= 15 is 0 Å². The summed E-state index contributed by atoms with van der Waals surface area (Å²) in [7, 11) is 0. The van der Waals surface area contributed by atoms with Crippen molar-refractivity contribution >= 4 is 17.6 Å². The topological polar surface area (TPSA) is 63.8 Å². The predicted molar refractivity (Wildman–Crippen MR) is 74.8 cm³/mol. The number of hydrazine groups is 1. The van der Waals surface area contributed by atoms with Gasteiger partial charge in [0.25, 0.3) is 0 Å². The van der Waals surface area contributed by atoms with Crippen LogP contribution in [-0.2, 0) is 12.2 Å². The summed E-state index contributed by atoms with van der Waals surface area (Å²) in [5.41, 5.74) is 3.67. The summed E-state index contributed by atoms with van der Waals surface area (Å²) in [6, 6.07) is 1.92. The zero-order chi connectivity index (χ0) is 12.8. The minimum atomic E-state index is 0.584. The molecule has 0 bridgehead atoms. The van der Waals surface area contributed by atoms with Crippen LogP contribution in [0.25, 0.3) is 0 Å². The first-order valence-corrected chi connectivity index (χ1v) is 7.01. The van der Waals surface area contributed by atoms with Crippen LogP contribution in [-0.4, -0.2) is 15.2 Å². The Labute approximate surface area is 108 Å².